The van der Waals surface area contributed by atoms with E-state index in [1.54, 1.807) is 0 Å². The fourth-order valence-corrected chi connectivity index (χ4v) is 1.18. The normalized spacial score (nSPS) is 11.8. The molecule has 1 nitrogen and oxygen atoms in total. The molecule has 0 radical (unpaired) electrons. The lowest BCUT2D eigenvalue weighted by Crippen LogP contribution is -2.09. The van der Waals surface area contributed by atoms with Gasteiger partial charge in [-0.15, -0.1) is 11.6 Å². The van der Waals surface area contributed by atoms with E-state index in [9.17, 15) is 13.2 Å². The van der Waals surface area contributed by atoms with E-state index in [-0.39, 0.29) is 16.6 Å². The number of rotatable bonds is 1. The predicted molar refractivity (Wildman–Crippen MR) is 43.8 cm³/mol. The molecule has 0 N–H and O–H groups in total. The molecule has 0 fully saturated rings. The summed E-state index contributed by atoms with van der Waals surface area (Å²) in [5, 5.41) is 0.142. The molecule has 1 aromatic rings. The number of aromatic nitrogens is 1. The highest BCUT2D eigenvalue weighted by molar-refractivity contribution is 6.32. The first-order valence-corrected chi connectivity index (χ1v) is 4.15. The molecule has 0 amide bonds. The van der Waals surface area contributed by atoms with Crippen LogP contribution in [0.15, 0.2) is 12.1 Å². The van der Waals surface area contributed by atoms with Crippen LogP contribution in [0.2, 0.25) is 5.02 Å². The van der Waals surface area contributed by atoms with Crippen LogP contribution in [0.3, 0.4) is 0 Å². The molecule has 0 bridgehead atoms. The van der Waals surface area contributed by atoms with Crippen LogP contribution in [0.25, 0.3) is 0 Å². The zero-order chi connectivity index (χ0) is 10.1. The molecular formula is C7H4Cl2F3N. The van der Waals surface area contributed by atoms with E-state index in [0.717, 1.165) is 12.1 Å². The summed E-state index contributed by atoms with van der Waals surface area (Å²) < 4.78 is 36.3. The van der Waals surface area contributed by atoms with Crippen LogP contribution in [0.4, 0.5) is 13.2 Å². The largest absolute Gasteiger partial charge is 0.433 e. The second kappa shape index (κ2) is 3.72. The average molecular weight is 230 g/mol. The van der Waals surface area contributed by atoms with Gasteiger partial charge in [-0.2, -0.15) is 13.2 Å². The molecule has 0 spiro atoms. The maximum Gasteiger partial charge on any atom is 0.433 e. The van der Waals surface area contributed by atoms with Crippen molar-refractivity contribution in [3.8, 4) is 0 Å². The minimum atomic E-state index is -4.45. The van der Waals surface area contributed by atoms with E-state index in [4.69, 9.17) is 23.2 Å². The van der Waals surface area contributed by atoms with Gasteiger partial charge >= 0.3 is 6.18 Å². The highest BCUT2D eigenvalue weighted by Crippen LogP contribution is 2.29. The summed E-state index contributed by atoms with van der Waals surface area (Å²) in [5.74, 6) is -0.136. The minimum absolute atomic E-state index is 0.0400. The van der Waals surface area contributed by atoms with Crippen molar-refractivity contribution in [1.82, 2.24) is 4.98 Å². The first-order valence-electron chi connectivity index (χ1n) is 3.23. The van der Waals surface area contributed by atoms with E-state index >= 15 is 0 Å². The van der Waals surface area contributed by atoms with E-state index in [2.05, 4.69) is 4.98 Å². The number of nitrogens with zero attached hydrogens (tertiary/aromatic N) is 1. The summed E-state index contributed by atoms with van der Waals surface area (Å²) in [6, 6.07) is 1.95. The van der Waals surface area contributed by atoms with Crippen LogP contribution in [0.1, 0.15) is 11.4 Å². The zero-order valence-corrected chi connectivity index (χ0v) is 7.71. The summed E-state index contributed by atoms with van der Waals surface area (Å²) in [5.41, 5.74) is -0.939. The Hall–Kier alpha value is -0.480. The Kier molecular flexibility index (Phi) is 3.03. The standard InChI is InChI=1S/C7H4Cl2F3N/c8-3-5-4(9)1-2-6(13-5)7(10,11)12/h1-2H,3H2. The van der Waals surface area contributed by atoms with Crippen molar-refractivity contribution in [2.75, 3.05) is 0 Å². The Morgan fingerprint density at radius 2 is 1.92 bits per heavy atom. The van der Waals surface area contributed by atoms with E-state index < -0.39 is 11.9 Å². The van der Waals surface area contributed by atoms with Crippen LogP contribution in [0, 0.1) is 0 Å². The summed E-state index contributed by atoms with van der Waals surface area (Å²) in [6.45, 7) is 0. The van der Waals surface area contributed by atoms with Crippen LogP contribution >= 0.6 is 23.2 Å². The van der Waals surface area contributed by atoms with Crippen molar-refractivity contribution < 1.29 is 13.2 Å². The topological polar surface area (TPSA) is 12.9 Å². The third-order valence-corrected chi connectivity index (χ3v) is 1.93. The lowest BCUT2D eigenvalue weighted by Gasteiger charge is -2.07. The maximum absolute atomic E-state index is 12.1. The second-order valence-electron chi connectivity index (χ2n) is 2.26. The molecule has 0 aliphatic carbocycles. The van der Waals surface area contributed by atoms with Crippen molar-refractivity contribution in [1.29, 1.82) is 0 Å². The Morgan fingerprint density at radius 3 is 2.38 bits per heavy atom. The smallest absolute Gasteiger partial charge is 0.246 e. The Bertz CT molecular complexity index is 311. The Labute approximate surface area is 82.5 Å². The molecule has 6 heteroatoms. The summed E-state index contributed by atoms with van der Waals surface area (Å²) in [4.78, 5) is 3.27. The predicted octanol–water partition coefficient (Wildman–Crippen LogP) is 3.49. The van der Waals surface area contributed by atoms with Gasteiger partial charge in [-0.25, -0.2) is 4.98 Å². The van der Waals surface area contributed by atoms with Crippen molar-refractivity contribution in [2.45, 2.75) is 12.1 Å². The molecule has 0 unspecified atom stereocenters. The van der Waals surface area contributed by atoms with Gasteiger partial charge in [-0.1, -0.05) is 11.6 Å². The maximum atomic E-state index is 12.1. The van der Waals surface area contributed by atoms with Gasteiger partial charge in [-0.3, -0.25) is 0 Å². The zero-order valence-electron chi connectivity index (χ0n) is 6.20. The molecule has 0 saturated carbocycles. The van der Waals surface area contributed by atoms with Crippen LogP contribution < -0.4 is 0 Å². The molecule has 1 aromatic heterocycles. The molecule has 0 atom stereocenters. The average Bonchev–Trinajstić information content (AvgIpc) is 2.03. The summed E-state index contributed by atoms with van der Waals surface area (Å²) in [7, 11) is 0. The molecule has 72 valence electrons. The monoisotopic (exact) mass is 229 g/mol. The second-order valence-corrected chi connectivity index (χ2v) is 2.93. The third-order valence-electron chi connectivity index (χ3n) is 1.34. The van der Waals surface area contributed by atoms with Crippen LogP contribution in [0.5, 0.6) is 0 Å². The van der Waals surface area contributed by atoms with Crippen LogP contribution in [-0.4, -0.2) is 4.98 Å². The first kappa shape index (κ1) is 10.6. The van der Waals surface area contributed by atoms with Crippen molar-refractivity contribution in [3.63, 3.8) is 0 Å². The van der Waals surface area contributed by atoms with Gasteiger partial charge in [-0.05, 0) is 12.1 Å². The van der Waals surface area contributed by atoms with Gasteiger partial charge in [0.25, 0.3) is 0 Å². The molecule has 0 saturated heterocycles. The number of alkyl halides is 4. The summed E-state index contributed by atoms with van der Waals surface area (Å²) in [6.07, 6.45) is -4.45. The van der Waals surface area contributed by atoms with Gasteiger partial charge in [0, 0.05) is 0 Å². The minimum Gasteiger partial charge on any atom is -0.246 e. The highest BCUT2D eigenvalue weighted by atomic mass is 35.5. The number of halogens is 5. The van der Waals surface area contributed by atoms with Crippen molar-refractivity contribution >= 4 is 23.2 Å². The molecule has 1 rings (SSSR count). The SMILES string of the molecule is FC(F)(F)c1ccc(Cl)c(CCl)n1. The molecule has 0 aliphatic rings. The molecular weight excluding hydrogens is 226 g/mol. The Morgan fingerprint density at radius 1 is 1.31 bits per heavy atom. The Balaban J connectivity index is 3.14. The number of pyridine rings is 1. The van der Waals surface area contributed by atoms with Gasteiger partial charge in [0.1, 0.15) is 5.69 Å². The molecule has 13 heavy (non-hydrogen) atoms. The number of hydrogen-bond donors (Lipinski definition) is 0. The summed E-state index contributed by atoms with van der Waals surface area (Å²) >= 11 is 10.9. The quantitative estimate of drug-likeness (QED) is 0.673. The van der Waals surface area contributed by atoms with Crippen LogP contribution in [-0.2, 0) is 12.1 Å². The van der Waals surface area contributed by atoms with Gasteiger partial charge < -0.3 is 0 Å². The van der Waals surface area contributed by atoms with Gasteiger partial charge in [0.15, 0.2) is 0 Å². The van der Waals surface area contributed by atoms with Gasteiger partial charge in [0.2, 0.25) is 0 Å². The van der Waals surface area contributed by atoms with Crippen molar-refractivity contribution in [3.05, 3.63) is 28.5 Å². The van der Waals surface area contributed by atoms with Crippen molar-refractivity contribution in [2.24, 2.45) is 0 Å². The number of hydrogen-bond acceptors (Lipinski definition) is 1. The lowest BCUT2D eigenvalue weighted by molar-refractivity contribution is -0.141. The fraction of sp³-hybridized carbons (Fsp3) is 0.286. The molecule has 0 aliphatic heterocycles. The first-order chi connectivity index (χ1) is 5.95. The lowest BCUT2D eigenvalue weighted by atomic mass is 10.3. The van der Waals surface area contributed by atoms with E-state index in [1.165, 1.54) is 0 Å². The third kappa shape index (κ3) is 2.48. The molecule has 0 aromatic carbocycles. The van der Waals surface area contributed by atoms with E-state index in [0.29, 0.717) is 0 Å². The highest BCUT2D eigenvalue weighted by Gasteiger charge is 2.32. The van der Waals surface area contributed by atoms with E-state index in [1.807, 2.05) is 0 Å². The fourth-order valence-electron chi connectivity index (χ4n) is 0.736. The molecule has 1 heterocycles. The van der Waals surface area contributed by atoms with Gasteiger partial charge in [0.05, 0.1) is 16.6 Å².